The summed E-state index contributed by atoms with van der Waals surface area (Å²) in [6.45, 7) is 5.41. The Kier molecular flexibility index (Phi) is 2.94. The van der Waals surface area contributed by atoms with Gasteiger partial charge in [0.15, 0.2) is 5.82 Å². The van der Waals surface area contributed by atoms with Crippen molar-refractivity contribution in [3.05, 3.63) is 47.9 Å². The standard InChI is InChI=1S/C14H16N2O/c1-10-5-4-6-11(9-10)12-7-8-15-13(16-12)14(2,3)17/h4-9,17H,1-3H3. The summed E-state index contributed by atoms with van der Waals surface area (Å²) >= 11 is 0. The normalized spacial score (nSPS) is 11.5. The number of nitrogens with zero attached hydrogens (tertiary/aromatic N) is 2. The zero-order valence-electron chi connectivity index (χ0n) is 10.3. The minimum Gasteiger partial charge on any atom is -0.382 e. The molecule has 17 heavy (non-hydrogen) atoms. The Morgan fingerprint density at radius 1 is 1.18 bits per heavy atom. The lowest BCUT2D eigenvalue weighted by Crippen LogP contribution is -2.19. The summed E-state index contributed by atoms with van der Waals surface area (Å²) in [5.41, 5.74) is 2.05. The van der Waals surface area contributed by atoms with Crippen molar-refractivity contribution >= 4 is 0 Å². The maximum Gasteiger partial charge on any atom is 0.159 e. The predicted octanol–water partition coefficient (Wildman–Crippen LogP) is 2.68. The molecule has 0 unspecified atom stereocenters. The largest absolute Gasteiger partial charge is 0.382 e. The Balaban J connectivity index is 2.47. The molecule has 0 aliphatic rings. The Hall–Kier alpha value is -1.74. The summed E-state index contributed by atoms with van der Waals surface area (Å²) in [6.07, 6.45) is 1.68. The van der Waals surface area contributed by atoms with Gasteiger partial charge in [-0.1, -0.05) is 23.8 Å². The van der Waals surface area contributed by atoms with Gasteiger partial charge in [-0.05, 0) is 32.9 Å². The topological polar surface area (TPSA) is 46.0 Å². The molecule has 3 nitrogen and oxygen atoms in total. The average molecular weight is 228 g/mol. The van der Waals surface area contributed by atoms with Crippen molar-refractivity contribution in [1.82, 2.24) is 9.97 Å². The van der Waals surface area contributed by atoms with E-state index in [0.29, 0.717) is 5.82 Å². The van der Waals surface area contributed by atoms with Crippen LogP contribution in [0.5, 0.6) is 0 Å². The van der Waals surface area contributed by atoms with Crippen LogP contribution in [0.3, 0.4) is 0 Å². The second-order valence-corrected chi connectivity index (χ2v) is 4.69. The first-order chi connectivity index (χ1) is 7.97. The number of benzene rings is 1. The quantitative estimate of drug-likeness (QED) is 0.859. The number of aromatic nitrogens is 2. The molecule has 1 aromatic heterocycles. The molecular weight excluding hydrogens is 212 g/mol. The van der Waals surface area contributed by atoms with E-state index in [1.54, 1.807) is 20.0 Å². The fourth-order valence-corrected chi connectivity index (χ4v) is 1.62. The van der Waals surface area contributed by atoms with Gasteiger partial charge in [0.2, 0.25) is 0 Å². The number of aliphatic hydroxyl groups is 1. The molecule has 3 heteroatoms. The van der Waals surface area contributed by atoms with Crippen molar-refractivity contribution in [2.24, 2.45) is 0 Å². The molecular formula is C14H16N2O. The van der Waals surface area contributed by atoms with Crippen LogP contribution in [0.4, 0.5) is 0 Å². The zero-order valence-corrected chi connectivity index (χ0v) is 10.3. The fraction of sp³-hybridized carbons (Fsp3) is 0.286. The van der Waals surface area contributed by atoms with Crippen LogP contribution in [0.25, 0.3) is 11.3 Å². The monoisotopic (exact) mass is 228 g/mol. The molecule has 0 atom stereocenters. The molecule has 2 rings (SSSR count). The van der Waals surface area contributed by atoms with Crippen LogP contribution in [0.2, 0.25) is 0 Å². The first-order valence-corrected chi connectivity index (χ1v) is 5.60. The number of aryl methyl sites for hydroxylation is 1. The van der Waals surface area contributed by atoms with Crippen LogP contribution in [0, 0.1) is 6.92 Å². The SMILES string of the molecule is Cc1cccc(-c2ccnc(C(C)(C)O)n2)c1. The third-order valence-corrected chi connectivity index (χ3v) is 2.52. The van der Waals surface area contributed by atoms with Crippen LogP contribution >= 0.6 is 0 Å². The second-order valence-electron chi connectivity index (χ2n) is 4.69. The summed E-state index contributed by atoms with van der Waals surface area (Å²) < 4.78 is 0. The molecule has 0 fully saturated rings. The molecule has 2 aromatic rings. The van der Waals surface area contributed by atoms with Gasteiger partial charge in [-0.2, -0.15) is 0 Å². The summed E-state index contributed by atoms with van der Waals surface area (Å²) in [5.74, 6) is 0.441. The zero-order chi connectivity index (χ0) is 12.5. The molecule has 1 aromatic carbocycles. The highest BCUT2D eigenvalue weighted by Crippen LogP contribution is 2.21. The molecule has 1 N–H and O–H groups in total. The molecule has 0 saturated heterocycles. The lowest BCUT2D eigenvalue weighted by atomic mass is 10.1. The second kappa shape index (κ2) is 4.26. The first kappa shape index (κ1) is 11.7. The molecule has 0 aliphatic heterocycles. The molecule has 0 saturated carbocycles. The van der Waals surface area contributed by atoms with E-state index in [2.05, 4.69) is 16.0 Å². The van der Waals surface area contributed by atoms with Crippen LogP contribution in [0.1, 0.15) is 25.2 Å². The molecule has 0 aliphatic carbocycles. The summed E-state index contributed by atoms with van der Waals surface area (Å²) in [4.78, 5) is 8.49. The molecule has 0 spiro atoms. The van der Waals surface area contributed by atoms with Crippen LogP contribution in [0.15, 0.2) is 36.5 Å². The molecule has 88 valence electrons. The van der Waals surface area contributed by atoms with Gasteiger partial charge >= 0.3 is 0 Å². The highest BCUT2D eigenvalue weighted by molar-refractivity contribution is 5.59. The highest BCUT2D eigenvalue weighted by Gasteiger charge is 2.19. The maximum absolute atomic E-state index is 9.89. The van der Waals surface area contributed by atoms with Crippen molar-refractivity contribution in [2.45, 2.75) is 26.4 Å². The Morgan fingerprint density at radius 3 is 2.59 bits per heavy atom. The van der Waals surface area contributed by atoms with Gasteiger partial charge < -0.3 is 5.11 Å². The average Bonchev–Trinajstić information content (AvgIpc) is 2.28. The first-order valence-electron chi connectivity index (χ1n) is 5.60. The van der Waals surface area contributed by atoms with Gasteiger partial charge in [0.25, 0.3) is 0 Å². The lowest BCUT2D eigenvalue weighted by Gasteiger charge is -2.15. The van der Waals surface area contributed by atoms with Crippen LogP contribution in [-0.4, -0.2) is 15.1 Å². The maximum atomic E-state index is 9.89. The van der Waals surface area contributed by atoms with Gasteiger partial charge in [-0.3, -0.25) is 0 Å². The van der Waals surface area contributed by atoms with Crippen molar-refractivity contribution in [2.75, 3.05) is 0 Å². The molecule has 0 amide bonds. The summed E-state index contributed by atoms with van der Waals surface area (Å²) in [5, 5.41) is 9.89. The van der Waals surface area contributed by atoms with E-state index < -0.39 is 5.60 Å². The van der Waals surface area contributed by atoms with Crippen molar-refractivity contribution in [1.29, 1.82) is 0 Å². The van der Waals surface area contributed by atoms with Crippen molar-refractivity contribution in [3.63, 3.8) is 0 Å². The Morgan fingerprint density at radius 2 is 1.94 bits per heavy atom. The van der Waals surface area contributed by atoms with E-state index in [1.807, 2.05) is 31.2 Å². The van der Waals surface area contributed by atoms with Gasteiger partial charge in [0, 0.05) is 11.8 Å². The van der Waals surface area contributed by atoms with Crippen LogP contribution in [-0.2, 0) is 5.60 Å². The summed E-state index contributed by atoms with van der Waals surface area (Å²) in [6, 6.07) is 9.96. The van der Waals surface area contributed by atoms with E-state index >= 15 is 0 Å². The summed E-state index contributed by atoms with van der Waals surface area (Å²) in [7, 11) is 0. The smallest absolute Gasteiger partial charge is 0.159 e. The van der Waals surface area contributed by atoms with E-state index in [9.17, 15) is 5.11 Å². The molecule has 0 radical (unpaired) electrons. The fourth-order valence-electron chi connectivity index (χ4n) is 1.62. The Labute approximate surface area is 101 Å². The minimum atomic E-state index is -1.01. The Bertz CT molecular complexity index is 530. The van der Waals surface area contributed by atoms with E-state index in [4.69, 9.17) is 0 Å². The van der Waals surface area contributed by atoms with E-state index in [-0.39, 0.29) is 0 Å². The van der Waals surface area contributed by atoms with Crippen LogP contribution < -0.4 is 0 Å². The predicted molar refractivity (Wildman–Crippen MR) is 67.4 cm³/mol. The third-order valence-electron chi connectivity index (χ3n) is 2.52. The number of rotatable bonds is 2. The van der Waals surface area contributed by atoms with Gasteiger partial charge in [0.1, 0.15) is 5.60 Å². The van der Waals surface area contributed by atoms with Gasteiger partial charge in [0.05, 0.1) is 5.69 Å². The van der Waals surface area contributed by atoms with Crippen molar-refractivity contribution in [3.8, 4) is 11.3 Å². The lowest BCUT2D eigenvalue weighted by molar-refractivity contribution is 0.0688. The van der Waals surface area contributed by atoms with Crippen molar-refractivity contribution < 1.29 is 5.11 Å². The third kappa shape index (κ3) is 2.68. The van der Waals surface area contributed by atoms with Gasteiger partial charge in [-0.25, -0.2) is 9.97 Å². The number of hydrogen-bond donors (Lipinski definition) is 1. The number of hydrogen-bond acceptors (Lipinski definition) is 3. The minimum absolute atomic E-state index is 0.441. The molecule has 1 heterocycles. The van der Waals surface area contributed by atoms with E-state index in [0.717, 1.165) is 11.3 Å². The highest BCUT2D eigenvalue weighted by atomic mass is 16.3. The molecule has 0 bridgehead atoms. The van der Waals surface area contributed by atoms with E-state index in [1.165, 1.54) is 5.56 Å². The van der Waals surface area contributed by atoms with Gasteiger partial charge in [-0.15, -0.1) is 0 Å².